The standard InChI is InChI=1S/C21H21N3OS/c1-21(10-18(23)24(2)20(25)19(21)14-6-7-14)17-9-16(12-26-17)15-5-3-4-13(8-15)11-22/h3-5,8-10,12,14,19H,6-7,23H2,1-2H3/t19-,21-/m1/s1. The van der Waals surface area contributed by atoms with Crippen molar-refractivity contribution in [2.24, 2.45) is 17.6 Å². The summed E-state index contributed by atoms with van der Waals surface area (Å²) < 4.78 is 0. The van der Waals surface area contributed by atoms with Crippen LogP contribution in [-0.2, 0) is 10.2 Å². The van der Waals surface area contributed by atoms with Gasteiger partial charge in [0.25, 0.3) is 0 Å². The molecule has 2 N–H and O–H groups in total. The van der Waals surface area contributed by atoms with Crippen molar-refractivity contribution < 1.29 is 4.79 Å². The van der Waals surface area contributed by atoms with E-state index in [1.54, 1.807) is 29.4 Å². The summed E-state index contributed by atoms with van der Waals surface area (Å²) in [5, 5.41) is 11.2. The van der Waals surface area contributed by atoms with Crippen LogP contribution in [0.25, 0.3) is 11.1 Å². The smallest absolute Gasteiger partial charge is 0.232 e. The highest BCUT2D eigenvalue weighted by atomic mass is 32.1. The molecular formula is C21H21N3OS. The van der Waals surface area contributed by atoms with E-state index in [2.05, 4.69) is 30.5 Å². The summed E-state index contributed by atoms with van der Waals surface area (Å²) in [5.41, 5.74) is 8.52. The highest BCUT2D eigenvalue weighted by Gasteiger charge is 2.52. The van der Waals surface area contributed by atoms with E-state index in [1.165, 1.54) is 0 Å². The summed E-state index contributed by atoms with van der Waals surface area (Å²) >= 11 is 1.66. The Hall–Kier alpha value is -2.58. The highest BCUT2D eigenvalue weighted by molar-refractivity contribution is 7.10. The van der Waals surface area contributed by atoms with E-state index in [4.69, 9.17) is 11.0 Å². The first-order chi connectivity index (χ1) is 12.4. The van der Waals surface area contributed by atoms with E-state index in [-0.39, 0.29) is 17.2 Å². The maximum Gasteiger partial charge on any atom is 0.232 e. The second-order valence-corrected chi connectivity index (χ2v) is 8.37. The van der Waals surface area contributed by atoms with Crippen LogP contribution in [0, 0.1) is 23.2 Å². The molecule has 0 radical (unpaired) electrons. The van der Waals surface area contributed by atoms with Crippen LogP contribution in [0.15, 0.2) is 47.6 Å². The van der Waals surface area contributed by atoms with Crippen molar-refractivity contribution in [1.29, 1.82) is 5.26 Å². The third-order valence-electron chi connectivity index (χ3n) is 5.63. The molecule has 1 saturated carbocycles. The molecule has 4 rings (SSSR count). The number of allylic oxidation sites excluding steroid dienone is 1. The van der Waals surface area contributed by atoms with Gasteiger partial charge in [0.1, 0.15) is 5.82 Å². The lowest BCUT2D eigenvalue weighted by atomic mass is 9.70. The fraction of sp³-hybridized carbons (Fsp3) is 0.333. The summed E-state index contributed by atoms with van der Waals surface area (Å²) in [6, 6.07) is 12.0. The molecule has 26 heavy (non-hydrogen) atoms. The number of carbonyl (C=O) groups is 1. The number of nitrogens with zero attached hydrogens (tertiary/aromatic N) is 2. The lowest BCUT2D eigenvalue weighted by molar-refractivity contribution is -0.136. The maximum absolute atomic E-state index is 12.9. The average molecular weight is 363 g/mol. The minimum Gasteiger partial charge on any atom is -0.385 e. The zero-order valence-corrected chi connectivity index (χ0v) is 15.7. The summed E-state index contributed by atoms with van der Waals surface area (Å²) in [4.78, 5) is 15.7. The number of benzene rings is 1. The lowest BCUT2D eigenvalue weighted by Crippen LogP contribution is -2.49. The summed E-state index contributed by atoms with van der Waals surface area (Å²) in [6.45, 7) is 2.13. The molecular weight excluding hydrogens is 342 g/mol. The van der Waals surface area contributed by atoms with E-state index >= 15 is 0 Å². The van der Waals surface area contributed by atoms with Crippen molar-refractivity contribution in [2.75, 3.05) is 7.05 Å². The number of nitriles is 1. The Bertz CT molecular complexity index is 950. The Morgan fingerprint density at radius 3 is 2.77 bits per heavy atom. The predicted octanol–water partition coefficient (Wildman–Crippen LogP) is 3.84. The zero-order chi connectivity index (χ0) is 18.5. The first kappa shape index (κ1) is 16.9. The molecule has 2 atom stereocenters. The van der Waals surface area contributed by atoms with Gasteiger partial charge in [-0.15, -0.1) is 11.3 Å². The monoisotopic (exact) mass is 363 g/mol. The van der Waals surface area contributed by atoms with Crippen molar-refractivity contribution in [3.05, 3.63) is 58.0 Å². The van der Waals surface area contributed by atoms with E-state index in [0.717, 1.165) is 28.8 Å². The normalized spacial score (nSPS) is 25.7. The molecule has 0 spiro atoms. The Kier molecular flexibility index (Phi) is 3.89. The van der Waals surface area contributed by atoms with Crippen LogP contribution in [0.5, 0.6) is 0 Å². The van der Waals surface area contributed by atoms with Crippen LogP contribution < -0.4 is 5.73 Å². The van der Waals surface area contributed by atoms with Crippen molar-refractivity contribution in [2.45, 2.75) is 25.2 Å². The zero-order valence-electron chi connectivity index (χ0n) is 14.9. The van der Waals surface area contributed by atoms with E-state index in [0.29, 0.717) is 17.3 Å². The van der Waals surface area contributed by atoms with Crippen LogP contribution in [0.1, 0.15) is 30.2 Å². The largest absolute Gasteiger partial charge is 0.385 e. The SMILES string of the molecule is CN1C(=O)[C@@H](C2CC2)[C@@](C)(c2cc(-c3cccc(C#N)c3)cs2)C=C1N. The molecule has 5 heteroatoms. The maximum atomic E-state index is 12.9. The van der Waals surface area contributed by atoms with Crippen LogP contribution in [-0.4, -0.2) is 17.9 Å². The Morgan fingerprint density at radius 2 is 2.08 bits per heavy atom. The molecule has 132 valence electrons. The lowest BCUT2D eigenvalue weighted by Gasteiger charge is -2.41. The fourth-order valence-corrected chi connectivity index (χ4v) is 5.06. The first-order valence-electron chi connectivity index (χ1n) is 8.79. The van der Waals surface area contributed by atoms with Gasteiger partial charge in [0.15, 0.2) is 0 Å². The second kappa shape index (κ2) is 6.00. The average Bonchev–Trinajstić information content (AvgIpc) is 3.33. The van der Waals surface area contributed by atoms with Gasteiger partial charge in [-0.1, -0.05) is 19.1 Å². The highest BCUT2D eigenvalue weighted by Crippen LogP contribution is 2.52. The number of hydrogen-bond acceptors (Lipinski definition) is 4. The van der Waals surface area contributed by atoms with Crippen molar-refractivity contribution in [3.63, 3.8) is 0 Å². The van der Waals surface area contributed by atoms with Gasteiger partial charge in [0.2, 0.25) is 5.91 Å². The summed E-state index contributed by atoms with van der Waals surface area (Å²) in [7, 11) is 1.76. The van der Waals surface area contributed by atoms with Crippen LogP contribution >= 0.6 is 11.3 Å². The van der Waals surface area contributed by atoms with E-state index < -0.39 is 0 Å². The van der Waals surface area contributed by atoms with Gasteiger partial charge in [-0.25, -0.2) is 0 Å². The molecule has 0 bridgehead atoms. The Labute approximate surface area is 157 Å². The van der Waals surface area contributed by atoms with Crippen LogP contribution in [0.4, 0.5) is 0 Å². The molecule has 1 aliphatic heterocycles. The molecule has 0 saturated heterocycles. The van der Waals surface area contributed by atoms with E-state index in [9.17, 15) is 4.79 Å². The van der Waals surface area contributed by atoms with Gasteiger partial charge in [-0.2, -0.15) is 5.26 Å². The summed E-state index contributed by atoms with van der Waals surface area (Å²) in [6.07, 6.45) is 4.27. The molecule has 1 aromatic carbocycles. The number of carbonyl (C=O) groups excluding carboxylic acids is 1. The molecule has 2 heterocycles. The van der Waals surface area contributed by atoms with Crippen molar-refractivity contribution in [3.8, 4) is 17.2 Å². The quantitative estimate of drug-likeness (QED) is 0.900. The third-order valence-corrected chi connectivity index (χ3v) is 6.81. The Balaban J connectivity index is 1.77. The molecule has 1 aromatic heterocycles. The number of nitrogens with two attached hydrogens (primary N) is 1. The third kappa shape index (κ3) is 2.62. The topological polar surface area (TPSA) is 70.1 Å². The van der Waals surface area contributed by atoms with Crippen LogP contribution in [0.3, 0.4) is 0 Å². The minimum atomic E-state index is -0.384. The molecule has 4 nitrogen and oxygen atoms in total. The molecule has 1 fully saturated rings. The minimum absolute atomic E-state index is 0.0586. The fourth-order valence-electron chi connectivity index (χ4n) is 3.97. The van der Waals surface area contributed by atoms with E-state index in [1.807, 2.05) is 18.2 Å². The second-order valence-electron chi connectivity index (χ2n) is 7.46. The van der Waals surface area contributed by atoms with Crippen LogP contribution in [0.2, 0.25) is 0 Å². The number of amides is 1. The molecule has 2 aromatic rings. The van der Waals surface area contributed by atoms with Gasteiger partial charge >= 0.3 is 0 Å². The number of hydrogen-bond donors (Lipinski definition) is 1. The first-order valence-corrected chi connectivity index (χ1v) is 9.67. The molecule has 0 unspecified atom stereocenters. The van der Waals surface area contributed by atoms with Gasteiger partial charge < -0.3 is 10.6 Å². The van der Waals surface area contributed by atoms with Crippen molar-refractivity contribution >= 4 is 17.2 Å². The van der Waals surface area contributed by atoms with Gasteiger partial charge in [0.05, 0.1) is 17.6 Å². The Morgan fingerprint density at radius 1 is 1.31 bits per heavy atom. The van der Waals surface area contributed by atoms with Crippen molar-refractivity contribution in [1.82, 2.24) is 4.90 Å². The number of rotatable bonds is 3. The van der Waals surface area contributed by atoms with Gasteiger partial charge in [-0.3, -0.25) is 4.79 Å². The van der Waals surface area contributed by atoms with Gasteiger partial charge in [0, 0.05) is 17.3 Å². The summed E-state index contributed by atoms with van der Waals surface area (Å²) in [5.74, 6) is 1.02. The molecule has 1 amide bonds. The number of thiophene rings is 1. The molecule has 2 aliphatic rings. The van der Waals surface area contributed by atoms with Gasteiger partial charge in [-0.05, 0) is 59.5 Å². The predicted molar refractivity (Wildman–Crippen MR) is 103 cm³/mol. The molecule has 1 aliphatic carbocycles.